The third-order valence-corrected chi connectivity index (χ3v) is 9.03. The van der Waals surface area contributed by atoms with Crippen LogP contribution in [0.1, 0.15) is 17.9 Å². The van der Waals surface area contributed by atoms with Gasteiger partial charge < -0.3 is 4.42 Å². The number of hydrogen-bond donors (Lipinski definition) is 0. The lowest BCUT2D eigenvalue weighted by molar-refractivity contribution is 0.669. The predicted molar refractivity (Wildman–Crippen MR) is 192 cm³/mol. The van der Waals surface area contributed by atoms with Crippen LogP contribution in [0.25, 0.3) is 78.0 Å². The summed E-state index contributed by atoms with van der Waals surface area (Å²) >= 11 is 0. The van der Waals surface area contributed by atoms with Crippen LogP contribution in [-0.2, 0) is 0 Å². The molecule has 2 aromatic heterocycles. The van der Waals surface area contributed by atoms with E-state index in [0.29, 0.717) is 23.4 Å². The molecule has 0 fully saturated rings. The van der Waals surface area contributed by atoms with Gasteiger partial charge in [-0.1, -0.05) is 127 Å². The summed E-state index contributed by atoms with van der Waals surface area (Å²) in [4.78, 5) is 15.0. The van der Waals surface area contributed by atoms with Crippen molar-refractivity contribution in [2.24, 2.45) is 0 Å². The molecule has 47 heavy (non-hydrogen) atoms. The van der Waals surface area contributed by atoms with Crippen molar-refractivity contribution in [2.75, 3.05) is 0 Å². The molecule has 6 aromatic carbocycles. The van der Waals surface area contributed by atoms with E-state index in [9.17, 15) is 0 Å². The molecule has 8 aromatic rings. The maximum Gasteiger partial charge on any atom is 0.164 e. The highest BCUT2D eigenvalue weighted by molar-refractivity contribution is 6.12. The number of furan rings is 1. The molecular formula is C43H29N3O. The quantitative estimate of drug-likeness (QED) is 0.196. The minimum atomic E-state index is 0.347. The van der Waals surface area contributed by atoms with Crippen molar-refractivity contribution in [2.45, 2.75) is 12.3 Å². The van der Waals surface area contributed by atoms with Crippen LogP contribution < -0.4 is 0 Å². The van der Waals surface area contributed by atoms with Gasteiger partial charge in [0.05, 0.1) is 0 Å². The van der Waals surface area contributed by atoms with E-state index in [4.69, 9.17) is 19.4 Å². The normalized spacial score (nSPS) is 14.3. The van der Waals surface area contributed by atoms with E-state index in [0.717, 1.165) is 66.9 Å². The Morgan fingerprint density at radius 2 is 1.17 bits per heavy atom. The second-order valence-corrected chi connectivity index (χ2v) is 12.0. The maximum atomic E-state index is 6.16. The van der Waals surface area contributed by atoms with Crippen molar-refractivity contribution in [3.8, 4) is 45.3 Å². The lowest BCUT2D eigenvalue weighted by atomic mass is 9.91. The van der Waals surface area contributed by atoms with Crippen molar-refractivity contribution in [1.29, 1.82) is 0 Å². The zero-order chi connectivity index (χ0) is 31.2. The Hall–Kier alpha value is -6.13. The highest BCUT2D eigenvalue weighted by Gasteiger charge is 2.16. The Morgan fingerprint density at radius 1 is 0.511 bits per heavy atom. The predicted octanol–water partition coefficient (Wildman–Crippen LogP) is 11.2. The summed E-state index contributed by atoms with van der Waals surface area (Å²) in [6.07, 6.45) is 9.69. The summed E-state index contributed by atoms with van der Waals surface area (Å²) in [5, 5.41) is 4.55. The van der Waals surface area contributed by atoms with Gasteiger partial charge in [-0.2, -0.15) is 0 Å². The van der Waals surface area contributed by atoms with Crippen LogP contribution in [-0.4, -0.2) is 15.0 Å². The van der Waals surface area contributed by atoms with Crippen LogP contribution in [0.2, 0.25) is 0 Å². The Labute approximate surface area is 272 Å². The minimum Gasteiger partial charge on any atom is -0.456 e. The van der Waals surface area contributed by atoms with E-state index >= 15 is 0 Å². The van der Waals surface area contributed by atoms with E-state index in [1.165, 1.54) is 5.56 Å². The van der Waals surface area contributed by atoms with Gasteiger partial charge in [-0.3, -0.25) is 0 Å². The van der Waals surface area contributed by atoms with Gasteiger partial charge in [0.1, 0.15) is 11.2 Å². The molecule has 1 atom stereocenters. The number of nitrogens with zero attached hydrogens (tertiary/aromatic N) is 3. The van der Waals surface area contributed by atoms with Gasteiger partial charge in [-0.25, -0.2) is 15.0 Å². The van der Waals surface area contributed by atoms with Crippen LogP contribution in [0.3, 0.4) is 0 Å². The lowest BCUT2D eigenvalue weighted by Crippen LogP contribution is -2.01. The van der Waals surface area contributed by atoms with Crippen molar-refractivity contribution in [1.82, 2.24) is 15.0 Å². The summed E-state index contributed by atoms with van der Waals surface area (Å²) in [5.41, 5.74) is 8.27. The van der Waals surface area contributed by atoms with Crippen molar-refractivity contribution < 1.29 is 4.42 Å². The third-order valence-electron chi connectivity index (χ3n) is 9.03. The first kappa shape index (κ1) is 27.2. The number of allylic oxidation sites excluding steroid dienone is 4. The van der Waals surface area contributed by atoms with Gasteiger partial charge in [-0.15, -0.1) is 0 Å². The molecule has 0 saturated carbocycles. The fourth-order valence-corrected chi connectivity index (χ4v) is 6.65. The summed E-state index contributed by atoms with van der Waals surface area (Å²) in [6.45, 7) is 0. The van der Waals surface area contributed by atoms with E-state index in [2.05, 4.69) is 109 Å². The summed E-state index contributed by atoms with van der Waals surface area (Å²) in [6, 6.07) is 46.3. The Morgan fingerprint density at radius 3 is 1.98 bits per heavy atom. The van der Waals surface area contributed by atoms with Crippen LogP contribution in [0.15, 0.2) is 162 Å². The fourth-order valence-electron chi connectivity index (χ4n) is 6.65. The van der Waals surface area contributed by atoms with Gasteiger partial charge in [0, 0.05) is 33.4 Å². The number of para-hydroxylation sites is 1. The van der Waals surface area contributed by atoms with Crippen LogP contribution in [0.5, 0.6) is 0 Å². The van der Waals surface area contributed by atoms with Gasteiger partial charge in [0.2, 0.25) is 0 Å². The molecule has 4 heteroatoms. The standard InChI is InChI=1S/C43H29N3O/c1-3-11-28(12-4-1)30-15-9-16-34(26-30)42-44-41(29-13-5-2-6-14-29)45-43(46-42)35-24-22-31-25-33(23-21-32(31)27-35)36-18-10-20-39-40(36)37-17-7-8-19-38(37)47-39/h1-11,13-28H,12H2. The van der Waals surface area contributed by atoms with Crippen LogP contribution in [0, 0.1) is 0 Å². The first-order chi connectivity index (χ1) is 23.3. The first-order valence-corrected chi connectivity index (χ1v) is 16.0. The molecule has 1 aliphatic rings. The lowest BCUT2D eigenvalue weighted by Gasteiger charge is -2.15. The highest BCUT2D eigenvalue weighted by atomic mass is 16.3. The average molecular weight is 604 g/mol. The number of aromatic nitrogens is 3. The van der Waals surface area contributed by atoms with Crippen molar-refractivity contribution in [3.63, 3.8) is 0 Å². The molecule has 9 rings (SSSR count). The molecule has 222 valence electrons. The molecule has 4 nitrogen and oxygen atoms in total. The number of benzene rings is 6. The topological polar surface area (TPSA) is 51.8 Å². The molecule has 1 unspecified atom stereocenters. The minimum absolute atomic E-state index is 0.347. The summed E-state index contributed by atoms with van der Waals surface area (Å²) < 4.78 is 6.16. The first-order valence-electron chi connectivity index (χ1n) is 16.0. The van der Waals surface area contributed by atoms with Crippen LogP contribution in [0.4, 0.5) is 0 Å². The zero-order valence-electron chi connectivity index (χ0n) is 25.5. The van der Waals surface area contributed by atoms with E-state index in [-0.39, 0.29) is 0 Å². The van der Waals surface area contributed by atoms with Gasteiger partial charge in [-0.05, 0) is 64.2 Å². The van der Waals surface area contributed by atoms with Crippen molar-refractivity contribution >= 4 is 32.7 Å². The van der Waals surface area contributed by atoms with E-state index in [1.807, 2.05) is 48.5 Å². The molecule has 0 saturated heterocycles. The van der Waals surface area contributed by atoms with Crippen LogP contribution >= 0.6 is 0 Å². The Kier molecular flexibility index (Phi) is 6.57. The second-order valence-electron chi connectivity index (χ2n) is 12.0. The maximum absolute atomic E-state index is 6.16. The summed E-state index contributed by atoms with van der Waals surface area (Å²) in [5.74, 6) is 2.33. The molecule has 2 heterocycles. The zero-order valence-corrected chi connectivity index (χ0v) is 25.5. The third kappa shape index (κ3) is 5.01. The smallest absolute Gasteiger partial charge is 0.164 e. The molecule has 0 spiro atoms. The SMILES string of the molecule is C1=CCC(c2cccc(-c3nc(-c4ccccc4)nc(-c4ccc5cc(-c6cccc7oc8ccccc8c67)ccc5c4)n3)c2)C=C1. The second kappa shape index (κ2) is 11.3. The molecule has 1 aliphatic carbocycles. The summed E-state index contributed by atoms with van der Waals surface area (Å²) in [7, 11) is 0. The fraction of sp³-hybridized carbons (Fsp3) is 0.0465. The molecule has 0 radical (unpaired) electrons. The van der Waals surface area contributed by atoms with Crippen molar-refractivity contribution in [3.05, 3.63) is 163 Å². The highest BCUT2D eigenvalue weighted by Crippen LogP contribution is 2.38. The molecule has 0 N–H and O–H groups in total. The van der Waals surface area contributed by atoms with Gasteiger partial charge in [0.15, 0.2) is 17.5 Å². The van der Waals surface area contributed by atoms with E-state index < -0.39 is 0 Å². The molecule has 0 bridgehead atoms. The monoisotopic (exact) mass is 603 g/mol. The average Bonchev–Trinajstić information content (AvgIpc) is 3.54. The number of rotatable bonds is 5. The molecule has 0 aliphatic heterocycles. The molecular weight excluding hydrogens is 574 g/mol. The Balaban J connectivity index is 1.14. The number of hydrogen-bond acceptors (Lipinski definition) is 4. The Bertz CT molecular complexity index is 2510. The van der Waals surface area contributed by atoms with Gasteiger partial charge in [0.25, 0.3) is 0 Å². The van der Waals surface area contributed by atoms with E-state index in [1.54, 1.807) is 0 Å². The number of fused-ring (bicyclic) bond motifs is 4. The van der Waals surface area contributed by atoms with Gasteiger partial charge >= 0.3 is 0 Å². The molecule has 0 amide bonds. The largest absolute Gasteiger partial charge is 0.456 e.